The molecule has 2 aromatic rings. The van der Waals surface area contributed by atoms with Crippen molar-refractivity contribution in [1.29, 1.82) is 5.26 Å². The van der Waals surface area contributed by atoms with Gasteiger partial charge in [-0.3, -0.25) is 4.79 Å². The molecule has 0 aliphatic heterocycles. The number of carbonyl (C=O) groups excluding carboxylic acids is 1. The number of anilines is 1. The maximum atomic E-state index is 12.3. The molecule has 7 heteroatoms. The van der Waals surface area contributed by atoms with Crippen molar-refractivity contribution < 1.29 is 19.4 Å². The van der Waals surface area contributed by atoms with Gasteiger partial charge in [0.15, 0.2) is 6.61 Å². The fourth-order valence-electron chi connectivity index (χ4n) is 1.93. The number of hydrogen-bond acceptors (Lipinski definition) is 4. The smallest absolute Gasteiger partial charge is 0.341 e. The van der Waals surface area contributed by atoms with Crippen LogP contribution in [0.2, 0.25) is 5.02 Å². The quantitative estimate of drug-likeness (QED) is 0.610. The largest absolute Gasteiger partial charge is 0.481 e. The van der Waals surface area contributed by atoms with Gasteiger partial charge in [-0.2, -0.15) is 5.26 Å². The molecule has 0 bridgehead atoms. The summed E-state index contributed by atoms with van der Waals surface area (Å²) in [6, 6.07) is 15.0. The van der Waals surface area contributed by atoms with Crippen LogP contribution in [0.1, 0.15) is 5.56 Å². The molecule has 0 fully saturated rings. The van der Waals surface area contributed by atoms with E-state index in [1.807, 2.05) is 6.07 Å². The van der Waals surface area contributed by atoms with Gasteiger partial charge in [-0.15, -0.1) is 0 Å². The predicted molar refractivity (Wildman–Crippen MR) is 93.2 cm³/mol. The lowest BCUT2D eigenvalue weighted by molar-refractivity contribution is -0.139. The van der Waals surface area contributed by atoms with Gasteiger partial charge in [0, 0.05) is 5.56 Å². The molecule has 0 saturated heterocycles. The molecule has 0 unspecified atom stereocenters. The highest BCUT2D eigenvalue weighted by Crippen LogP contribution is 2.23. The zero-order chi connectivity index (χ0) is 18.2. The molecule has 0 aliphatic carbocycles. The number of carboxylic acid groups (broad SMARTS) is 1. The first-order valence-electron chi connectivity index (χ1n) is 7.12. The molecule has 0 spiro atoms. The van der Waals surface area contributed by atoms with Crippen LogP contribution in [0.5, 0.6) is 5.75 Å². The molecule has 6 nitrogen and oxygen atoms in total. The second-order valence-electron chi connectivity index (χ2n) is 4.82. The highest BCUT2D eigenvalue weighted by Gasteiger charge is 2.13. The van der Waals surface area contributed by atoms with Crippen LogP contribution >= 0.6 is 11.6 Å². The molecule has 0 heterocycles. The van der Waals surface area contributed by atoms with E-state index in [0.29, 0.717) is 16.3 Å². The third kappa shape index (κ3) is 5.09. The number of rotatable bonds is 6. The number of benzene rings is 2. The molecule has 0 radical (unpaired) electrons. The van der Waals surface area contributed by atoms with Crippen molar-refractivity contribution in [3.63, 3.8) is 0 Å². The predicted octanol–water partition coefficient (Wildman–Crippen LogP) is 3.35. The Balaban J connectivity index is 2.25. The average molecular weight is 357 g/mol. The lowest BCUT2D eigenvalue weighted by Gasteiger charge is -2.08. The maximum absolute atomic E-state index is 12.3. The summed E-state index contributed by atoms with van der Waals surface area (Å²) >= 11 is 5.98. The van der Waals surface area contributed by atoms with Crippen molar-refractivity contribution in [3.8, 4) is 11.8 Å². The van der Waals surface area contributed by atoms with Gasteiger partial charge in [-0.05, 0) is 24.3 Å². The number of amides is 1. The summed E-state index contributed by atoms with van der Waals surface area (Å²) in [7, 11) is 0. The van der Waals surface area contributed by atoms with Crippen LogP contribution in [-0.2, 0) is 9.59 Å². The number of aliphatic carboxylic acids is 1. The molecule has 1 amide bonds. The lowest BCUT2D eigenvalue weighted by Crippen LogP contribution is -2.14. The third-order valence-electron chi connectivity index (χ3n) is 3.06. The Morgan fingerprint density at radius 3 is 2.56 bits per heavy atom. The van der Waals surface area contributed by atoms with Crippen molar-refractivity contribution >= 4 is 35.2 Å². The number of nitrogens with zero attached hydrogens (tertiary/aromatic N) is 1. The monoisotopic (exact) mass is 356 g/mol. The lowest BCUT2D eigenvalue weighted by atomic mass is 10.1. The van der Waals surface area contributed by atoms with Crippen LogP contribution in [0.4, 0.5) is 5.69 Å². The van der Waals surface area contributed by atoms with Gasteiger partial charge in [0.25, 0.3) is 5.91 Å². The van der Waals surface area contributed by atoms with E-state index in [-0.39, 0.29) is 11.3 Å². The van der Waals surface area contributed by atoms with Gasteiger partial charge in [0.05, 0.1) is 10.7 Å². The van der Waals surface area contributed by atoms with Crippen molar-refractivity contribution in [3.05, 3.63) is 64.7 Å². The van der Waals surface area contributed by atoms with E-state index < -0.39 is 18.5 Å². The number of carbonyl (C=O) groups is 2. The average Bonchev–Trinajstić information content (AvgIpc) is 2.60. The molecule has 0 saturated carbocycles. The fraction of sp³-hybridized carbons (Fsp3) is 0.0556. The van der Waals surface area contributed by atoms with Gasteiger partial charge < -0.3 is 15.2 Å². The van der Waals surface area contributed by atoms with Crippen LogP contribution in [0.3, 0.4) is 0 Å². The van der Waals surface area contributed by atoms with E-state index in [1.54, 1.807) is 48.5 Å². The van der Waals surface area contributed by atoms with E-state index >= 15 is 0 Å². The third-order valence-corrected chi connectivity index (χ3v) is 3.39. The molecule has 2 aromatic carbocycles. The van der Waals surface area contributed by atoms with Crippen molar-refractivity contribution in [1.82, 2.24) is 0 Å². The molecular formula is C18H13ClN2O4. The SMILES string of the molecule is N#CC(=Cc1ccccc1OCC(=O)O)C(=O)Nc1ccccc1Cl. The molecule has 126 valence electrons. The number of carboxylic acids is 1. The van der Waals surface area contributed by atoms with Crippen molar-refractivity contribution in [2.24, 2.45) is 0 Å². The zero-order valence-corrected chi connectivity index (χ0v) is 13.7. The first kappa shape index (κ1) is 18.0. The topological polar surface area (TPSA) is 99.4 Å². The number of hydrogen-bond donors (Lipinski definition) is 2. The van der Waals surface area contributed by atoms with Crippen LogP contribution in [-0.4, -0.2) is 23.6 Å². The summed E-state index contributed by atoms with van der Waals surface area (Å²) in [6.45, 7) is -0.529. The van der Waals surface area contributed by atoms with Gasteiger partial charge in [-0.25, -0.2) is 4.79 Å². The first-order chi connectivity index (χ1) is 12.0. The van der Waals surface area contributed by atoms with Gasteiger partial charge in [0.1, 0.15) is 17.4 Å². The normalized spacial score (nSPS) is 10.6. The Kier molecular flexibility index (Phi) is 6.15. The van der Waals surface area contributed by atoms with Crippen LogP contribution in [0, 0.1) is 11.3 Å². The summed E-state index contributed by atoms with van der Waals surface area (Å²) in [6.07, 6.45) is 1.32. The van der Waals surface area contributed by atoms with E-state index in [9.17, 15) is 14.9 Å². The number of ether oxygens (including phenoxy) is 1. The van der Waals surface area contributed by atoms with Gasteiger partial charge >= 0.3 is 5.97 Å². The first-order valence-corrected chi connectivity index (χ1v) is 7.50. The van der Waals surface area contributed by atoms with E-state index in [2.05, 4.69) is 5.32 Å². The fourth-order valence-corrected chi connectivity index (χ4v) is 2.11. The molecule has 25 heavy (non-hydrogen) atoms. The summed E-state index contributed by atoms with van der Waals surface area (Å²) in [5.74, 6) is -1.51. The molecule has 0 atom stereocenters. The van der Waals surface area contributed by atoms with Crippen LogP contribution in [0.15, 0.2) is 54.1 Å². The summed E-state index contributed by atoms with van der Waals surface area (Å²) in [4.78, 5) is 22.9. The molecule has 0 aromatic heterocycles. The van der Waals surface area contributed by atoms with E-state index in [1.165, 1.54) is 6.08 Å². The Hall–Kier alpha value is -3.30. The minimum absolute atomic E-state index is 0.175. The minimum atomic E-state index is -1.13. The summed E-state index contributed by atoms with van der Waals surface area (Å²) in [5, 5.41) is 20.9. The number of nitriles is 1. The number of nitrogens with one attached hydrogen (secondary N) is 1. The Morgan fingerprint density at radius 1 is 1.20 bits per heavy atom. The Bertz CT molecular complexity index is 871. The summed E-state index contributed by atoms with van der Waals surface area (Å²) in [5.41, 5.74) is 0.617. The summed E-state index contributed by atoms with van der Waals surface area (Å²) < 4.78 is 5.15. The van der Waals surface area contributed by atoms with E-state index in [0.717, 1.165) is 0 Å². The van der Waals surface area contributed by atoms with Crippen LogP contribution < -0.4 is 10.1 Å². The number of para-hydroxylation sites is 2. The molecular weight excluding hydrogens is 344 g/mol. The van der Waals surface area contributed by atoms with E-state index in [4.69, 9.17) is 21.4 Å². The minimum Gasteiger partial charge on any atom is -0.481 e. The molecule has 0 aliphatic rings. The molecule has 2 N–H and O–H groups in total. The second kappa shape index (κ2) is 8.52. The van der Waals surface area contributed by atoms with Gasteiger partial charge in [0.2, 0.25) is 0 Å². The standard InChI is InChI=1S/C18H13ClN2O4/c19-14-6-2-3-7-15(14)21-18(24)13(10-20)9-12-5-1-4-8-16(12)25-11-17(22)23/h1-9H,11H2,(H,21,24)(H,22,23). The maximum Gasteiger partial charge on any atom is 0.341 e. The Labute approximate surface area is 148 Å². The highest BCUT2D eigenvalue weighted by molar-refractivity contribution is 6.34. The highest BCUT2D eigenvalue weighted by atomic mass is 35.5. The van der Waals surface area contributed by atoms with Crippen LogP contribution in [0.25, 0.3) is 6.08 Å². The zero-order valence-electron chi connectivity index (χ0n) is 12.9. The number of halogens is 1. The van der Waals surface area contributed by atoms with Crippen molar-refractivity contribution in [2.75, 3.05) is 11.9 Å². The molecule has 2 rings (SSSR count). The second-order valence-corrected chi connectivity index (χ2v) is 5.23. The van der Waals surface area contributed by atoms with Gasteiger partial charge in [-0.1, -0.05) is 41.9 Å². The van der Waals surface area contributed by atoms with Crippen molar-refractivity contribution in [2.45, 2.75) is 0 Å². The Morgan fingerprint density at radius 2 is 1.88 bits per heavy atom.